The molecule has 0 aromatic heterocycles. The summed E-state index contributed by atoms with van der Waals surface area (Å²) >= 11 is 5.24. The monoisotopic (exact) mass is 204 g/mol. The molecule has 1 rings (SSSR count). The Morgan fingerprint density at radius 3 is 2.85 bits per heavy atom. The van der Waals surface area contributed by atoms with Crippen LogP contribution in [0.3, 0.4) is 0 Å². The predicted molar refractivity (Wildman–Crippen MR) is 49.5 cm³/mol. The molecule has 0 aromatic carbocycles. The molecular formula is C8H13ClN2O2. The Labute approximate surface area is 82.2 Å². The molecule has 0 radical (unpaired) electrons. The van der Waals surface area contributed by atoms with Gasteiger partial charge in [0.1, 0.15) is 0 Å². The van der Waals surface area contributed by atoms with Crippen LogP contribution in [0.5, 0.6) is 0 Å². The minimum Gasteiger partial charge on any atom is -0.352 e. The van der Waals surface area contributed by atoms with E-state index in [1.807, 2.05) is 4.90 Å². The van der Waals surface area contributed by atoms with E-state index in [4.69, 9.17) is 11.6 Å². The zero-order chi connectivity index (χ0) is 9.84. The van der Waals surface area contributed by atoms with Gasteiger partial charge in [-0.15, -0.1) is 0 Å². The summed E-state index contributed by atoms with van der Waals surface area (Å²) in [5.41, 5.74) is 0. The summed E-state index contributed by atoms with van der Waals surface area (Å²) < 4.78 is 0. The number of likely N-dealkylation sites (tertiary alicyclic amines) is 1. The number of nitrogens with one attached hydrogen (secondary N) is 1. The van der Waals surface area contributed by atoms with Crippen LogP contribution < -0.4 is 5.32 Å². The van der Waals surface area contributed by atoms with Crippen LogP contribution in [-0.2, 0) is 9.59 Å². The second-order valence-electron chi connectivity index (χ2n) is 3.28. The zero-order valence-electron chi connectivity index (χ0n) is 7.55. The summed E-state index contributed by atoms with van der Waals surface area (Å²) in [6.07, 6.45) is 0.893. The second kappa shape index (κ2) is 4.58. The van der Waals surface area contributed by atoms with E-state index < -0.39 is 0 Å². The van der Waals surface area contributed by atoms with E-state index in [9.17, 15) is 9.59 Å². The predicted octanol–water partition coefficient (Wildman–Crippen LogP) is -0.0378. The molecule has 4 nitrogen and oxygen atoms in total. The number of hydrogen-bond acceptors (Lipinski definition) is 3. The van der Waals surface area contributed by atoms with Gasteiger partial charge >= 0.3 is 0 Å². The minimum absolute atomic E-state index is 0.0240. The van der Waals surface area contributed by atoms with Crippen LogP contribution in [0.4, 0.5) is 0 Å². The van der Waals surface area contributed by atoms with Crippen molar-refractivity contribution in [2.24, 2.45) is 0 Å². The van der Waals surface area contributed by atoms with Gasteiger partial charge in [0, 0.05) is 26.1 Å². The van der Waals surface area contributed by atoms with Crippen molar-refractivity contribution in [2.45, 2.75) is 19.4 Å². The molecule has 1 aliphatic heterocycles. The Morgan fingerprint density at radius 1 is 1.62 bits per heavy atom. The van der Waals surface area contributed by atoms with Crippen molar-refractivity contribution in [1.29, 1.82) is 0 Å². The number of nitrogens with zero attached hydrogens (tertiary/aromatic N) is 1. The maximum absolute atomic E-state index is 10.7. The van der Waals surface area contributed by atoms with Gasteiger partial charge in [0.2, 0.25) is 11.1 Å². The van der Waals surface area contributed by atoms with Crippen molar-refractivity contribution in [2.75, 3.05) is 19.6 Å². The third-order valence-corrected chi connectivity index (χ3v) is 2.15. The van der Waals surface area contributed by atoms with Gasteiger partial charge < -0.3 is 5.32 Å². The average Bonchev–Trinajstić information content (AvgIpc) is 2.33. The van der Waals surface area contributed by atoms with Gasteiger partial charge in [-0.3, -0.25) is 14.5 Å². The highest BCUT2D eigenvalue weighted by Crippen LogP contribution is 2.08. The Morgan fingerprint density at radius 2 is 2.31 bits per heavy atom. The lowest BCUT2D eigenvalue weighted by atomic mass is 10.3. The molecule has 13 heavy (non-hydrogen) atoms. The van der Waals surface area contributed by atoms with Crippen LogP contribution >= 0.6 is 11.6 Å². The molecule has 1 fully saturated rings. The SMILES string of the molecule is CC(=O)NC1CCN(CC(=O)Cl)C1. The summed E-state index contributed by atoms with van der Waals surface area (Å²) in [6, 6.07) is 0.175. The van der Waals surface area contributed by atoms with Crippen LogP contribution in [0.1, 0.15) is 13.3 Å². The Kier molecular flexibility index (Phi) is 3.69. The van der Waals surface area contributed by atoms with Crippen LogP contribution in [0, 0.1) is 0 Å². The van der Waals surface area contributed by atoms with Gasteiger partial charge in [0.05, 0.1) is 6.54 Å². The minimum atomic E-state index is -0.344. The third kappa shape index (κ3) is 3.74. The Bertz CT molecular complexity index is 198. The van der Waals surface area contributed by atoms with E-state index in [0.717, 1.165) is 19.5 Å². The molecule has 1 amide bonds. The van der Waals surface area contributed by atoms with E-state index in [0.29, 0.717) is 0 Å². The number of hydrogen-bond donors (Lipinski definition) is 1. The molecule has 0 spiro atoms. The lowest BCUT2D eigenvalue weighted by Gasteiger charge is -2.13. The van der Waals surface area contributed by atoms with Gasteiger partial charge in [0.25, 0.3) is 0 Å². The maximum atomic E-state index is 10.7. The molecule has 0 aliphatic carbocycles. The molecule has 5 heteroatoms. The third-order valence-electron chi connectivity index (χ3n) is 2.03. The van der Waals surface area contributed by atoms with Gasteiger partial charge in [-0.2, -0.15) is 0 Å². The lowest BCUT2D eigenvalue weighted by Crippen LogP contribution is -2.36. The van der Waals surface area contributed by atoms with Crippen LogP contribution in [-0.4, -0.2) is 41.7 Å². The maximum Gasteiger partial charge on any atom is 0.235 e. The molecule has 1 unspecified atom stereocenters. The normalized spacial score (nSPS) is 23.1. The van der Waals surface area contributed by atoms with Crippen molar-refractivity contribution in [3.05, 3.63) is 0 Å². The van der Waals surface area contributed by atoms with E-state index in [2.05, 4.69) is 5.32 Å². The quantitative estimate of drug-likeness (QED) is 0.657. The molecular weight excluding hydrogens is 192 g/mol. The molecule has 1 atom stereocenters. The number of halogens is 1. The van der Waals surface area contributed by atoms with Gasteiger partial charge in [0.15, 0.2) is 0 Å². The summed E-state index contributed by atoms with van der Waals surface area (Å²) in [5.74, 6) is -0.0240. The van der Waals surface area contributed by atoms with Crippen molar-refractivity contribution in [1.82, 2.24) is 10.2 Å². The van der Waals surface area contributed by atoms with E-state index in [1.54, 1.807) is 0 Å². The summed E-state index contributed by atoms with van der Waals surface area (Å²) in [7, 11) is 0. The van der Waals surface area contributed by atoms with Gasteiger partial charge in [-0.1, -0.05) is 0 Å². The number of rotatable bonds is 3. The molecule has 1 aliphatic rings. The Balaban J connectivity index is 2.27. The first-order valence-electron chi connectivity index (χ1n) is 4.25. The van der Waals surface area contributed by atoms with E-state index in [1.165, 1.54) is 6.92 Å². The summed E-state index contributed by atoms with van der Waals surface area (Å²) in [6.45, 7) is 3.31. The van der Waals surface area contributed by atoms with Crippen LogP contribution in [0.2, 0.25) is 0 Å². The standard InChI is InChI=1S/C8H13ClN2O2/c1-6(12)10-7-2-3-11(4-7)5-8(9)13/h7H,2-5H2,1H3,(H,10,12). The van der Waals surface area contributed by atoms with Crippen molar-refractivity contribution < 1.29 is 9.59 Å². The molecule has 74 valence electrons. The molecule has 0 saturated carbocycles. The fraction of sp³-hybridized carbons (Fsp3) is 0.750. The molecule has 0 aromatic rings. The largest absolute Gasteiger partial charge is 0.352 e. The average molecular weight is 205 g/mol. The second-order valence-corrected chi connectivity index (χ2v) is 3.70. The molecule has 1 heterocycles. The van der Waals surface area contributed by atoms with E-state index in [-0.39, 0.29) is 23.7 Å². The van der Waals surface area contributed by atoms with Gasteiger partial charge in [-0.25, -0.2) is 0 Å². The highest BCUT2D eigenvalue weighted by molar-refractivity contribution is 6.64. The molecule has 1 saturated heterocycles. The highest BCUT2D eigenvalue weighted by atomic mass is 35.5. The van der Waals surface area contributed by atoms with Crippen LogP contribution in [0.15, 0.2) is 0 Å². The lowest BCUT2D eigenvalue weighted by molar-refractivity contribution is -0.119. The summed E-state index contributed by atoms with van der Waals surface area (Å²) in [5, 5.41) is 2.47. The van der Waals surface area contributed by atoms with Crippen molar-refractivity contribution in [3.8, 4) is 0 Å². The first-order valence-corrected chi connectivity index (χ1v) is 4.63. The number of carbonyl (C=O) groups is 2. The topological polar surface area (TPSA) is 49.4 Å². The van der Waals surface area contributed by atoms with Gasteiger partial charge in [-0.05, 0) is 18.0 Å². The zero-order valence-corrected chi connectivity index (χ0v) is 8.30. The first-order chi connectivity index (χ1) is 6.08. The number of carbonyl (C=O) groups excluding carboxylic acids is 2. The van der Waals surface area contributed by atoms with E-state index >= 15 is 0 Å². The summed E-state index contributed by atoms with van der Waals surface area (Å²) in [4.78, 5) is 23.2. The Hall–Kier alpha value is -0.610. The first kappa shape index (κ1) is 10.5. The smallest absolute Gasteiger partial charge is 0.235 e. The molecule has 1 N–H and O–H groups in total. The van der Waals surface area contributed by atoms with Crippen molar-refractivity contribution in [3.63, 3.8) is 0 Å². The fourth-order valence-corrected chi connectivity index (χ4v) is 1.73. The fourth-order valence-electron chi connectivity index (χ4n) is 1.56. The molecule has 0 bridgehead atoms. The van der Waals surface area contributed by atoms with Crippen LogP contribution in [0.25, 0.3) is 0 Å². The number of amides is 1. The highest BCUT2D eigenvalue weighted by Gasteiger charge is 2.23. The van der Waals surface area contributed by atoms with Crippen molar-refractivity contribution >= 4 is 22.8 Å².